The van der Waals surface area contributed by atoms with Gasteiger partial charge < -0.3 is 10.4 Å². The lowest BCUT2D eigenvalue weighted by Crippen LogP contribution is -2.23. The normalized spacial score (nSPS) is 10.8. The van der Waals surface area contributed by atoms with Gasteiger partial charge in [0.1, 0.15) is 5.15 Å². The van der Waals surface area contributed by atoms with E-state index in [1.807, 2.05) is 12.1 Å². The number of rotatable bonds is 8. The Morgan fingerprint density at radius 3 is 2.77 bits per heavy atom. The van der Waals surface area contributed by atoms with E-state index in [0.717, 1.165) is 29.3 Å². The molecule has 2 aromatic heterocycles. The van der Waals surface area contributed by atoms with Crippen LogP contribution in [0.1, 0.15) is 41.8 Å². The van der Waals surface area contributed by atoms with Crippen molar-refractivity contribution in [3.63, 3.8) is 0 Å². The first kappa shape index (κ1) is 16.7. The van der Waals surface area contributed by atoms with Crippen molar-refractivity contribution in [1.82, 2.24) is 10.3 Å². The summed E-state index contributed by atoms with van der Waals surface area (Å²) in [6, 6.07) is 3.65. The van der Waals surface area contributed by atoms with Gasteiger partial charge in [-0.2, -0.15) is 0 Å². The zero-order valence-electron chi connectivity index (χ0n) is 12.0. The molecule has 2 heterocycles. The Labute approximate surface area is 137 Å². The Hall–Kier alpha value is -1.66. The summed E-state index contributed by atoms with van der Waals surface area (Å²) in [5.41, 5.74) is 0. The van der Waals surface area contributed by atoms with Gasteiger partial charge in [-0.25, -0.2) is 4.98 Å². The van der Waals surface area contributed by atoms with Crippen molar-refractivity contribution in [2.24, 2.45) is 0 Å². The maximum Gasteiger partial charge on any atom is 0.303 e. The fourth-order valence-corrected chi connectivity index (χ4v) is 3.32. The number of thiophene rings is 1. The van der Waals surface area contributed by atoms with Crippen LogP contribution in [0.25, 0.3) is 10.1 Å². The van der Waals surface area contributed by atoms with Gasteiger partial charge in [0.15, 0.2) is 0 Å². The van der Waals surface area contributed by atoms with Gasteiger partial charge in [0.25, 0.3) is 5.91 Å². The van der Waals surface area contributed by atoms with E-state index in [1.54, 1.807) is 6.20 Å². The molecule has 0 atom stereocenters. The van der Waals surface area contributed by atoms with Crippen LogP contribution in [-0.4, -0.2) is 28.5 Å². The Morgan fingerprint density at radius 2 is 2.05 bits per heavy atom. The number of carbonyl (C=O) groups is 2. The number of nitrogens with zero attached hydrogens (tertiary/aromatic N) is 1. The number of halogens is 1. The van der Waals surface area contributed by atoms with Gasteiger partial charge >= 0.3 is 5.97 Å². The molecule has 1 amide bonds. The number of aromatic nitrogens is 1. The average Bonchev–Trinajstić information content (AvgIpc) is 2.91. The van der Waals surface area contributed by atoms with E-state index in [2.05, 4.69) is 10.3 Å². The van der Waals surface area contributed by atoms with Crippen LogP contribution in [0.5, 0.6) is 0 Å². The molecule has 0 fully saturated rings. The summed E-state index contributed by atoms with van der Waals surface area (Å²) in [5.74, 6) is -0.867. The molecule has 0 aliphatic rings. The standard InChI is InChI=1S/C15H17ClN2O3S/c16-14-13-10(6-8-17-14)9-11(22-13)15(21)18-7-4-2-1-3-5-12(19)20/h6,8-9H,1-5,7H2,(H,18,21)(H,19,20). The first-order valence-corrected chi connectivity index (χ1v) is 8.31. The Balaban J connectivity index is 1.75. The third-order valence-corrected chi connectivity index (χ3v) is 4.77. The number of pyridine rings is 1. The summed E-state index contributed by atoms with van der Waals surface area (Å²) in [4.78, 5) is 27.0. The number of carboxylic acid groups (broad SMARTS) is 1. The molecule has 2 N–H and O–H groups in total. The van der Waals surface area contributed by atoms with Crippen molar-refractivity contribution < 1.29 is 14.7 Å². The number of unbranched alkanes of at least 4 members (excludes halogenated alkanes) is 3. The molecule has 0 spiro atoms. The summed E-state index contributed by atoms with van der Waals surface area (Å²) >= 11 is 7.33. The average molecular weight is 341 g/mol. The molecule has 5 nitrogen and oxygen atoms in total. The SMILES string of the molecule is O=C(O)CCCCCCNC(=O)c1cc2ccnc(Cl)c2s1. The molecule has 0 aliphatic carbocycles. The van der Waals surface area contributed by atoms with Crippen LogP contribution in [0.15, 0.2) is 18.3 Å². The first-order valence-electron chi connectivity index (χ1n) is 7.12. The zero-order valence-corrected chi connectivity index (χ0v) is 13.5. The molecule has 0 aliphatic heterocycles. The van der Waals surface area contributed by atoms with E-state index in [9.17, 15) is 9.59 Å². The number of fused-ring (bicyclic) bond motifs is 1. The molecule has 0 unspecified atom stereocenters. The van der Waals surface area contributed by atoms with Crippen molar-refractivity contribution in [3.05, 3.63) is 28.4 Å². The molecule has 2 rings (SSSR count). The topological polar surface area (TPSA) is 79.3 Å². The van der Waals surface area contributed by atoms with Crippen LogP contribution in [0.3, 0.4) is 0 Å². The first-order chi connectivity index (χ1) is 10.6. The highest BCUT2D eigenvalue weighted by molar-refractivity contribution is 7.21. The van der Waals surface area contributed by atoms with E-state index in [4.69, 9.17) is 16.7 Å². The monoisotopic (exact) mass is 340 g/mol. The van der Waals surface area contributed by atoms with Gasteiger partial charge in [0, 0.05) is 19.2 Å². The molecule has 118 valence electrons. The second kappa shape index (κ2) is 8.10. The smallest absolute Gasteiger partial charge is 0.303 e. The third-order valence-electron chi connectivity index (χ3n) is 3.22. The second-order valence-electron chi connectivity index (χ2n) is 4.94. The highest BCUT2D eigenvalue weighted by Gasteiger charge is 2.11. The second-order valence-corrected chi connectivity index (χ2v) is 6.35. The highest BCUT2D eigenvalue weighted by Crippen LogP contribution is 2.30. The quantitative estimate of drug-likeness (QED) is 0.567. The van der Waals surface area contributed by atoms with E-state index < -0.39 is 5.97 Å². The number of carboxylic acids is 1. The maximum atomic E-state index is 12.1. The number of carbonyl (C=O) groups excluding carboxylic acids is 1. The van der Waals surface area contributed by atoms with Gasteiger partial charge in [-0.1, -0.05) is 24.4 Å². The number of nitrogens with one attached hydrogen (secondary N) is 1. The molecule has 0 saturated heterocycles. The third kappa shape index (κ3) is 4.68. The predicted octanol–water partition coefficient (Wildman–Crippen LogP) is 3.71. The van der Waals surface area contributed by atoms with Crippen LogP contribution < -0.4 is 5.32 Å². The van der Waals surface area contributed by atoms with Gasteiger partial charge in [-0.05, 0) is 30.4 Å². The largest absolute Gasteiger partial charge is 0.481 e. The summed E-state index contributed by atoms with van der Waals surface area (Å²) in [5, 5.41) is 12.7. The fourth-order valence-electron chi connectivity index (χ4n) is 2.09. The minimum Gasteiger partial charge on any atom is -0.481 e. The fraction of sp³-hybridized carbons (Fsp3) is 0.400. The van der Waals surface area contributed by atoms with Crippen LogP contribution in [0, 0.1) is 0 Å². The van der Waals surface area contributed by atoms with Crippen LogP contribution >= 0.6 is 22.9 Å². The van der Waals surface area contributed by atoms with Crippen LogP contribution in [-0.2, 0) is 4.79 Å². The summed E-state index contributed by atoms with van der Waals surface area (Å²) in [6.45, 7) is 0.589. The van der Waals surface area contributed by atoms with Crippen LogP contribution in [0.4, 0.5) is 0 Å². The molecule has 7 heteroatoms. The summed E-state index contributed by atoms with van der Waals surface area (Å²) in [7, 11) is 0. The predicted molar refractivity (Wildman–Crippen MR) is 87.7 cm³/mol. The van der Waals surface area contributed by atoms with Crippen molar-refractivity contribution >= 4 is 44.9 Å². The molecular weight excluding hydrogens is 324 g/mol. The van der Waals surface area contributed by atoms with Gasteiger partial charge in [0.2, 0.25) is 0 Å². The summed E-state index contributed by atoms with van der Waals surface area (Å²) < 4.78 is 0.822. The Morgan fingerprint density at radius 1 is 1.27 bits per heavy atom. The van der Waals surface area contributed by atoms with Gasteiger partial charge in [0.05, 0.1) is 9.58 Å². The lowest BCUT2D eigenvalue weighted by molar-refractivity contribution is -0.137. The van der Waals surface area contributed by atoms with Crippen molar-refractivity contribution in [1.29, 1.82) is 0 Å². The molecular formula is C15H17ClN2O3S. The molecule has 2 aromatic rings. The Kier molecular flexibility index (Phi) is 6.15. The van der Waals surface area contributed by atoms with E-state index >= 15 is 0 Å². The van der Waals surface area contributed by atoms with Crippen molar-refractivity contribution in [2.75, 3.05) is 6.54 Å². The lowest BCUT2D eigenvalue weighted by atomic mass is 10.1. The minimum absolute atomic E-state index is 0.109. The van der Waals surface area contributed by atoms with Gasteiger partial charge in [-0.15, -0.1) is 11.3 Å². The number of amides is 1. The summed E-state index contributed by atoms with van der Waals surface area (Å²) in [6.07, 6.45) is 5.14. The minimum atomic E-state index is -0.758. The highest BCUT2D eigenvalue weighted by atomic mass is 35.5. The molecule has 0 bridgehead atoms. The van der Waals surface area contributed by atoms with E-state index in [0.29, 0.717) is 23.0 Å². The van der Waals surface area contributed by atoms with Crippen LogP contribution in [0.2, 0.25) is 5.15 Å². The number of hydrogen-bond acceptors (Lipinski definition) is 4. The number of hydrogen-bond donors (Lipinski definition) is 2. The molecule has 0 saturated carbocycles. The van der Waals surface area contributed by atoms with E-state index in [1.165, 1.54) is 11.3 Å². The number of aliphatic carboxylic acids is 1. The molecule has 0 aromatic carbocycles. The van der Waals surface area contributed by atoms with Crippen molar-refractivity contribution in [3.8, 4) is 0 Å². The zero-order chi connectivity index (χ0) is 15.9. The molecule has 0 radical (unpaired) electrons. The van der Waals surface area contributed by atoms with E-state index in [-0.39, 0.29) is 12.3 Å². The lowest BCUT2D eigenvalue weighted by Gasteiger charge is -2.03. The van der Waals surface area contributed by atoms with Crippen molar-refractivity contribution in [2.45, 2.75) is 32.1 Å². The molecule has 22 heavy (non-hydrogen) atoms. The Bertz CT molecular complexity index is 672. The van der Waals surface area contributed by atoms with Gasteiger partial charge in [-0.3, -0.25) is 9.59 Å². The maximum absolute atomic E-state index is 12.1.